The molecule has 1 aliphatic rings. The first kappa shape index (κ1) is 23.8. The lowest BCUT2D eigenvalue weighted by molar-refractivity contribution is -0.121. The third-order valence-corrected chi connectivity index (χ3v) is 6.83. The van der Waals surface area contributed by atoms with Crippen LogP contribution in [-0.4, -0.2) is 45.9 Å². The van der Waals surface area contributed by atoms with Crippen molar-refractivity contribution in [1.82, 2.24) is 15.1 Å². The number of hydrogen-bond acceptors (Lipinski definition) is 6. The van der Waals surface area contributed by atoms with Crippen molar-refractivity contribution in [2.45, 2.75) is 26.7 Å². The summed E-state index contributed by atoms with van der Waals surface area (Å²) in [5.74, 6) is -0.942. The van der Waals surface area contributed by atoms with Crippen LogP contribution >= 0.6 is 22.9 Å². The van der Waals surface area contributed by atoms with Crippen molar-refractivity contribution in [2.75, 3.05) is 23.7 Å². The number of carbonyl (C=O) groups excluding carboxylic acids is 3. The second-order valence-electron chi connectivity index (χ2n) is 8.25. The molecule has 2 N–H and O–H groups in total. The number of nitrogens with zero attached hydrogens (tertiary/aromatic N) is 3. The molecular formula is C24H24ClN5O3S. The topological polar surface area (TPSA) is 104 Å². The van der Waals surface area contributed by atoms with Gasteiger partial charge in [-0.05, 0) is 62.1 Å². The fourth-order valence-corrected chi connectivity index (χ4v) is 4.63. The average Bonchev–Trinajstić information content (AvgIpc) is 3.32. The van der Waals surface area contributed by atoms with Gasteiger partial charge in [0.05, 0.1) is 0 Å². The number of piperidine rings is 1. The molecule has 0 bridgehead atoms. The summed E-state index contributed by atoms with van der Waals surface area (Å²) in [6.07, 6.45) is 1.12. The summed E-state index contributed by atoms with van der Waals surface area (Å²) in [4.78, 5) is 39.7. The number of benzene rings is 2. The van der Waals surface area contributed by atoms with Crippen molar-refractivity contribution in [1.29, 1.82) is 0 Å². The van der Waals surface area contributed by atoms with E-state index in [9.17, 15) is 14.4 Å². The molecule has 0 spiro atoms. The van der Waals surface area contributed by atoms with Gasteiger partial charge in [0.2, 0.25) is 15.9 Å². The van der Waals surface area contributed by atoms with E-state index in [-0.39, 0.29) is 27.7 Å². The van der Waals surface area contributed by atoms with Crippen LogP contribution in [0.25, 0.3) is 0 Å². The second-order valence-corrected chi connectivity index (χ2v) is 9.66. The van der Waals surface area contributed by atoms with Crippen LogP contribution in [0.15, 0.2) is 42.5 Å². The molecule has 1 aliphatic heterocycles. The fraction of sp³-hybridized carbons (Fsp3) is 0.292. The minimum atomic E-state index is -0.458. The third-order valence-electron chi connectivity index (χ3n) is 5.69. The van der Waals surface area contributed by atoms with Gasteiger partial charge in [-0.15, -0.1) is 10.2 Å². The molecule has 1 aromatic heterocycles. The van der Waals surface area contributed by atoms with Gasteiger partial charge in [-0.25, -0.2) is 0 Å². The highest BCUT2D eigenvalue weighted by Gasteiger charge is 2.30. The first-order chi connectivity index (χ1) is 16.3. The molecule has 8 nitrogen and oxygen atoms in total. The van der Waals surface area contributed by atoms with Gasteiger partial charge >= 0.3 is 0 Å². The highest BCUT2D eigenvalue weighted by molar-refractivity contribution is 7.15. The normalized spacial score (nSPS) is 14.0. The van der Waals surface area contributed by atoms with E-state index in [1.807, 2.05) is 32.0 Å². The number of anilines is 2. The SMILES string of the molecule is Cc1ccc(C)c(NC(=O)C2CCN(C(=O)c3nnc(C(=O)Nc4cccc(Cl)c4)s3)CC2)c1. The van der Waals surface area contributed by atoms with Crippen molar-refractivity contribution in [3.05, 3.63) is 68.6 Å². The van der Waals surface area contributed by atoms with Crippen molar-refractivity contribution in [3.8, 4) is 0 Å². The predicted octanol–water partition coefficient (Wildman–Crippen LogP) is 4.55. The van der Waals surface area contributed by atoms with Gasteiger partial charge in [0.15, 0.2) is 0 Å². The predicted molar refractivity (Wildman–Crippen MR) is 132 cm³/mol. The summed E-state index contributed by atoms with van der Waals surface area (Å²) in [7, 11) is 0. The lowest BCUT2D eigenvalue weighted by Gasteiger charge is -2.30. The highest BCUT2D eigenvalue weighted by Crippen LogP contribution is 2.24. The molecule has 0 unspecified atom stereocenters. The minimum absolute atomic E-state index is 0.0308. The number of aromatic nitrogens is 2. The van der Waals surface area contributed by atoms with E-state index in [0.717, 1.165) is 28.2 Å². The summed E-state index contributed by atoms with van der Waals surface area (Å²) in [5.41, 5.74) is 3.44. The monoisotopic (exact) mass is 497 g/mol. The first-order valence-electron chi connectivity index (χ1n) is 10.9. The number of amides is 3. The number of likely N-dealkylation sites (tertiary alicyclic amines) is 1. The Morgan fingerprint density at radius 1 is 1.00 bits per heavy atom. The molecule has 176 valence electrons. The van der Waals surface area contributed by atoms with E-state index in [4.69, 9.17) is 11.6 Å². The zero-order valence-electron chi connectivity index (χ0n) is 18.8. The van der Waals surface area contributed by atoms with Crippen molar-refractivity contribution < 1.29 is 14.4 Å². The third kappa shape index (κ3) is 5.60. The van der Waals surface area contributed by atoms with Gasteiger partial charge in [-0.1, -0.05) is 41.1 Å². The molecule has 1 fully saturated rings. The van der Waals surface area contributed by atoms with E-state index >= 15 is 0 Å². The molecule has 10 heteroatoms. The van der Waals surface area contributed by atoms with Crippen molar-refractivity contribution in [3.63, 3.8) is 0 Å². The molecule has 1 saturated heterocycles. The van der Waals surface area contributed by atoms with Crippen LogP contribution in [0.2, 0.25) is 5.02 Å². The van der Waals surface area contributed by atoms with Gasteiger partial charge in [0.25, 0.3) is 11.8 Å². The zero-order chi connectivity index (χ0) is 24.2. The fourth-order valence-electron chi connectivity index (χ4n) is 3.74. The van der Waals surface area contributed by atoms with Crippen LogP contribution < -0.4 is 10.6 Å². The molecule has 34 heavy (non-hydrogen) atoms. The van der Waals surface area contributed by atoms with Crippen LogP contribution in [0.3, 0.4) is 0 Å². The maximum Gasteiger partial charge on any atom is 0.286 e. The molecule has 3 amide bonds. The Labute approximate surface area is 206 Å². The highest BCUT2D eigenvalue weighted by atomic mass is 35.5. The summed E-state index contributed by atoms with van der Waals surface area (Å²) >= 11 is 6.88. The standard InChI is InChI=1S/C24H24ClN5O3S/c1-14-6-7-15(2)19(12-14)27-20(31)16-8-10-30(11-9-16)24(33)23-29-28-22(34-23)21(32)26-18-5-3-4-17(25)13-18/h3-7,12-13,16H,8-11H2,1-2H3,(H,26,32)(H,27,31). The second kappa shape index (κ2) is 10.3. The van der Waals surface area contributed by atoms with E-state index in [1.165, 1.54) is 0 Å². The quantitative estimate of drug-likeness (QED) is 0.538. The van der Waals surface area contributed by atoms with E-state index in [2.05, 4.69) is 20.8 Å². The van der Waals surface area contributed by atoms with Gasteiger partial charge in [0.1, 0.15) is 0 Å². The average molecular weight is 498 g/mol. The largest absolute Gasteiger partial charge is 0.336 e. The number of carbonyl (C=O) groups is 3. The summed E-state index contributed by atoms with van der Waals surface area (Å²) in [6.45, 7) is 4.82. The summed E-state index contributed by atoms with van der Waals surface area (Å²) in [6, 6.07) is 12.7. The van der Waals surface area contributed by atoms with E-state index in [1.54, 1.807) is 29.2 Å². The maximum atomic E-state index is 12.9. The van der Waals surface area contributed by atoms with Crippen LogP contribution in [0.4, 0.5) is 11.4 Å². The first-order valence-corrected chi connectivity index (χ1v) is 12.1. The van der Waals surface area contributed by atoms with E-state index in [0.29, 0.717) is 36.6 Å². The number of rotatable bonds is 5. The molecule has 3 aromatic rings. The van der Waals surface area contributed by atoms with Crippen molar-refractivity contribution >= 4 is 52.0 Å². The number of halogens is 1. The Morgan fingerprint density at radius 3 is 2.47 bits per heavy atom. The molecule has 0 aliphatic carbocycles. The van der Waals surface area contributed by atoms with Crippen LogP contribution in [-0.2, 0) is 4.79 Å². The van der Waals surface area contributed by atoms with E-state index < -0.39 is 5.91 Å². The Bertz CT molecular complexity index is 1240. The maximum absolute atomic E-state index is 12.9. The molecule has 0 saturated carbocycles. The van der Waals surface area contributed by atoms with Gasteiger partial charge in [-0.3, -0.25) is 14.4 Å². The number of aryl methyl sites for hydroxylation is 2. The van der Waals surface area contributed by atoms with Gasteiger partial charge in [0, 0.05) is 35.4 Å². The molecule has 4 rings (SSSR count). The molecule has 2 aromatic carbocycles. The summed E-state index contributed by atoms with van der Waals surface area (Å²) < 4.78 is 0. The van der Waals surface area contributed by atoms with Crippen LogP contribution in [0, 0.1) is 19.8 Å². The van der Waals surface area contributed by atoms with Crippen LogP contribution in [0.1, 0.15) is 43.6 Å². The lowest BCUT2D eigenvalue weighted by atomic mass is 9.95. The number of hydrogen-bond donors (Lipinski definition) is 2. The van der Waals surface area contributed by atoms with Gasteiger partial charge < -0.3 is 15.5 Å². The Balaban J connectivity index is 1.32. The summed E-state index contributed by atoms with van der Waals surface area (Å²) in [5, 5.41) is 14.2. The Morgan fingerprint density at radius 2 is 1.74 bits per heavy atom. The van der Waals surface area contributed by atoms with Crippen molar-refractivity contribution in [2.24, 2.45) is 5.92 Å². The zero-order valence-corrected chi connectivity index (χ0v) is 20.4. The molecular weight excluding hydrogens is 474 g/mol. The molecule has 0 atom stereocenters. The Kier molecular flexibility index (Phi) is 7.23. The molecule has 0 radical (unpaired) electrons. The van der Waals surface area contributed by atoms with Gasteiger partial charge in [-0.2, -0.15) is 0 Å². The lowest BCUT2D eigenvalue weighted by Crippen LogP contribution is -2.41. The Hall–Kier alpha value is -3.30. The number of nitrogens with one attached hydrogen (secondary N) is 2. The minimum Gasteiger partial charge on any atom is -0.336 e. The molecule has 2 heterocycles. The smallest absolute Gasteiger partial charge is 0.286 e. The van der Waals surface area contributed by atoms with Crippen LogP contribution in [0.5, 0.6) is 0 Å².